The van der Waals surface area contributed by atoms with E-state index >= 15 is 0 Å². The molecule has 3 aromatic rings. The number of thiophene rings is 2. The predicted molar refractivity (Wildman–Crippen MR) is 125 cm³/mol. The van der Waals surface area contributed by atoms with Crippen molar-refractivity contribution in [2.24, 2.45) is 0 Å². The standard InChI is InChI=1S/C22H26O4S2Si/c1-7-25-21(23)14-10-15(16(9-13(14)3)22(24)26-8-2)17-11-18-19(27-17)12-20(28-18)29(4,5)6/h9-12H,7-8H2,1-6H3/q-1. The second-order valence-electron chi connectivity index (χ2n) is 7.85. The summed E-state index contributed by atoms with van der Waals surface area (Å²) in [4.78, 5) is 26.0. The van der Waals surface area contributed by atoms with Gasteiger partial charge in [0.1, 0.15) is 0 Å². The summed E-state index contributed by atoms with van der Waals surface area (Å²) in [5.41, 5.74) is 2.39. The maximum atomic E-state index is 12.6. The third kappa shape index (κ3) is 4.47. The van der Waals surface area contributed by atoms with E-state index in [1.54, 1.807) is 37.3 Å². The fourth-order valence-electron chi connectivity index (χ4n) is 3.06. The van der Waals surface area contributed by atoms with Gasteiger partial charge in [0.05, 0.1) is 24.3 Å². The molecule has 0 saturated carbocycles. The van der Waals surface area contributed by atoms with Crippen molar-refractivity contribution in [1.82, 2.24) is 0 Å². The Morgan fingerprint density at radius 2 is 1.45 bits per heavy atom. The molecule has 0 aliphatic heterocycles. The number of rotatable bonds is 6. The third-order valence-corrected chi connectivity index (χ3v) is 10.5. The lowest BCUT2D eigenvalue weighted by Crippen LogP contribution is -2.34. The molecule has 2 heterocycles. The zero-order valence-corrected chi connectivity index (χ0v) is 20.3. The lowest BCUT2D eigenvalue weighted by atomic mass is 9.98. The minimum atomic E-state index is -1.37. The number of benzene rings is 1. The molecule has 1 aromatic carbocycles. The van der Waals surface area contributed by atoms with Crippen LogP contribution in [0.15, 0.2) is 24.3 Å². The van der Waals surface area contributed by atoms with E-state index in [0.29, 0.717) is 29.9 Å². The van der Waals surface area contributed by atoms with Crippen LogP contribution < -0.4 is 4.50 Å². The van der Waals surface area contributed by atoms with Crippen LogP contribution in [0.25, 0.3) is 19.8 Å². The van der Waals surface area contributed by atoms with Crippen molar-refractivity contribution in [1.29, 1.82) is 0 Å². The minimum Gasteiger partial charge on any atom is -0.462 e. The second-order valence-corrected chi connectivity index (χ2v) is 15.4. The zero-order chi connectivity index (χ0) is 21.3. The van der Waals surface area contributed by atoms with Crippen molar-refractivity contribution >= 4 is 56.6 Å². The lowest BCUT2D eigenvalue weighted by Gasteiger charge is -2.25. The highest BCUT2D eigenvalue weighted by molar-refractivity contribution is 7.36. The number of hydrogen-bond acceptors (Lipinski definition) is 6. The van der Waals surface area contributed by atoms with Crippen LogP contribution in [0, 0.1) is 6.92 Å². The summed E-state index contributed by atoms with van der Waals surface area (Å²) >= 11 is 3.48. The van der Waals surface area contributed by atoms with Gasteiger partial charge in [0.15, 0.2) is 0 Å². The average molecular weight is 447 g/mol. The molecular formula is C22H26O4S2Si-. The van der Waals surface area contributed by atoms with Crippen molar-refractivity contribution in [3.8, 4) is 10.4 Å². The Morgan fingerprint density at radius 3 is 2.00 bits per heavy atom. The van der Waals surface area contributed by atoms with Gasteiger partial charge in [-0.2, -0.15) is 31.0 Å². The largest absolute Gasteiger partial charge is 0.462 e. The molecule has 0 radical (unpaired) electrons. The molecule has 0 atom stereocenters. The van der Waals surface area contributed by atoms with Gasteiger partial charge in [-0.15, -0.1) is 23.9 Å². The molecule has 0 bridgehead atoms. The number of esters is 2. The van der Waals surface area contributed by atoms with Gasteiger partial charge in [0.25, 0.3) is 0 Å². The Balaban J connectivity index is 2.15. The Labute approximate surface area is 180 Å². The molecule has 0 aliphatic carbocycles. The van der Waals surface area contributed by atoms with Gasteiger partial charge in [-0.3, -0.25) is 0 Å². The van der Waals surface area contributed by atoms with Crippen LogP contribution in [0.3, 0.4) is 0 Å². The maximum Gasteiger partial charge on any atom is 0.338 e. The van der Waals surface area contributed by atoms with E-state index in [4.69, 9.17) is 9.47 Å². The first-order valence-electron chi connectivity index (χ1n) is 9.68. The summed E-state index contributed by atoms with van der Waals surface area (Å²) in [6, 6.07) is 7.91. The number of carbonyl (C=O) groups excluding carboxylic acids is 2. The quantitative estimate of drug-likeness (QED) is 0.353. The van der Waals surface area contributed by atoms with Gasteiger partial charge in [-0.1, -0.05) is 6.07 Å². The molecule has 2 aromatic heterocycles. The summed E-state index contributed by atoms with van der Waals surface area (Å²) < 4.78 is 14.4. The Bertz CT molecular complexity index is 1040. The van der Waals surface area contributed by atoms with Crippen LogP contribution in [0.5, 0.6) is 0 Å². The number of hydrogen-bond donors (Lipinski definition) is 0. The summed E-state index contributed by atoms with van der Waals surface area (Å²) in [5, 5.41) is 0. The average Bonchev–Trinajstić information content (AvgIpc) is 3.20. The van der Waals surface area contributed by atoms with E-state index in [1.165, 1.54) is 13.9 Å². The summed E-state index contributed by atoms with van der Waals surface area (Å²) in [6.07, 6.45) is 0. The van der Waals surface area contributed by atoms with E-state index in [0.717, 1.165) is 10.4 Å². The first kappa shape index (κ1) is 21.7. The SMILES string of the molecule is CCOC(=O)c1cc(-c2cc3sc([Si-](C)(C)C)cc3s2)c(C(=O)OCC)cc1C. The molecular weight excluding hydrogens is 420 g/mol. The van der Waals surface area contributed by atoms with Gasteiger partial charge in [0, 0.05) is 19.8 Å². The lowest BCUT2D eigenvalue weighted by molar-refractivity contribution is 0.0511. The first-order chi connectivity index (χ1) is 13.7. The molecule has 4 nitrogen and oxygen atoms in total. The molecule has 0 spiro atoms. The fraction of sp³-hybridized carbons (Fsp3) is 0.364. The molecule has 0 saturated heterocycles. The van der Waals surface area contributed by atoms with Crippen LogP contribution in [0.2, 0.25) is 19.6 Å². The Hall–Kier alpha value is -1.96. The highest BCUT2D eigenvalue weighted by Crippen LogP contribution is 2.39. The van der Waals surface area contributed by atoms with Gasteiger partial charge in [-0.05, 0) is 44.5 Å². The summed E-state index contributed by atoms with van der Waals surface area (Å²) in [6.45, 7) is 13.0. The van der Waals surface area contributed by atoms with Crippen molar-refractivity contribution < 1.29 is 19.1 Å². The van der Waals surface area contributed by atoms with Gasteiger partial charge < -0.3 is 9.47 Å². The highest BCUT2D eigenvalue weighted by Gasteiger charge is 2.22. The molecule has 155 valence electrons. The molecule has 0 unspecified atom stereocenters. The summed E-state index contributed by atoms with van der Waals surface area (Å²) in [7, 11) is -1.37. The highest BCUT2D eigenvalue weighted by atomic mass is 32.1. The Kier molecular flexibility index (Phi) is 6.31. The Morgan fingerprint density at radius 1 is 0.862 bits per heavy atom. The predicted octanol–water partition coefficient (Wildman–Crippen LogP) is 5.84. The van der Waals surface area contributed by atoms with Crippen LogP contribution in [0.1, 0.15) is 40.1 Å². The zero-order valence-electron chi connectivity index (χ0n) is 17.7. The van der Waals surface area contributed by atoms with E-state index in [9.17, 15) is 9.59 Å². The first-order valence-corrected chi connectivity index (χ1v) is 14.8. The molecule has 0 aliphatic rings. The topological polar surface area (TPSA) is 52.6 Å². The van der Waals surface area contributed by atoms with Crippen LogP contribution in [0.4, 0.5) is 0 Å². The van der Waals surface area contributed by atoms with Crippen molar-refractivity contribution in [2.75, 3.05) is 13.2 Å². The molecule has 0 fully saturated rings. The fourth-order valence-corrected chi connectivity index (χ4v) is 7.47. The molecule has 3 rings (SSSR count). The van der Waals surface area contributed by atoms with Crippen molar-refractivity contribution in [3.05, 3.63) is 41.0 Å². The third-order valence-electron chi connectivity index (χ3n) is 4.57. The molecule has 0 N–H and O–H groups in total. The van der Waals surface area contributed by atoms with Gasteiger partial charge >= 0.3 is 11.9 Å². The monoisotopic (exact) mass is 446 g/mol. The number of carbonyl (C=O) groups is 2. The van der Waals surface area contributed by atoms with E-state index in [-0.39, 0.29) is 11.9 Å². The van der Waals surface area contributed by atoms with Crippen LogP contribution >= 0.6 is 22.7 Å². The number of fused-ring (bicyclic) bond motifs is 1. The van der Waals surface area contributed by atoms with Crippen molar-refractivity contribution in [2.45, 2.75) is 40.4 Å². The number of ether oxygens (including phenoxy) is 2. The van der Waals surface area contributed by atoms with E-state index < -0.39 is 8.07 Å². The van der Waals surface area contributed by atoms with E-state index in [1.807, 2.05) is 18.3 Å². The molecule has 29 heavy (non-hydrogen) atoms. The maximum absolute atomic E-state index is 12.6. The summed E-state index contributed by atoms with van der Waals surface area (Å²) in [5.74, 6) is -0.749. The van der Waals surface area contributed by atoms with Crippen LogP contribution in [-0.4, -0.2) is 33.2 Å². The van der Waals surface area contributed by atoms with E-state index in [2.05, 4.69) is 31.8 Å². The van der Waals surface area contributed by atoms with Gasteiger partial charge in [0.2, 0.25) is 0 Å². The van der Waals surface area contributed by atoms with Crippen LogP contribution in [-0.2, 0) is 9.47 Å². The van der Waals surface area contributed by atoms with Gasteiger partial charge in [-0.25, -0.2) is 9.59 Å². The minimum absolute atomic E-state index is 0.302. The molecule has 0 amide bonds. The smallest absolute Gasteiger partial charge is 0.338 e. The normalized spacial score (nSPS) is 11.7. The second kappa shape index (κ2) is 8.42. The number of aryl methyl sites for hydroxylation is 1. The van der Waals surface area contributed by atoms with Crippen molar-refractivity contribution in [3.63, 3.8) is 0 Å². The molecule has 7 heteroatoms.